The van der Waals surface area contributed by atoms with Crippen molar-refractivity contribution >= 4 is 39.0 Å². The lowest BCUT2D eigenvalue weighted by Gasteiger charge is -2.16. The van der Waals surface area contributed by atoms with Crippen molar-refractivity contribution in [2.45, 2.75) is 46.1 Å². The van der Waals surface area contributed by atoms with Gasteiger partial charge in [0.15, 0.2) is 17.6 Å². The summed E-state index contributed by atoms with van der Waals surface area (Å²) in [7, 11) is 1.51. The Bertz CT molecular complexity index is 1270. The predicted octanol–water partition coefficient (Wildman–Crippen LogP) is 4.89. The fourth-order valence-corrected chi connectivity index (χ4v) is 3.62. The summed E-state index contributed by atoms with van der Waals surface area (Å²) in [4.78, 5) is 29.9. The molecule has 3 rings (SSSR count). The molecule has 0 aliphatic rings. The van der Waals surface area contributed by atoms with Gasteiger partial charge in [-0.15, -0.1) is 0 Å². The van der Waals surface area contributed by atoms with Crippen LogP contribution < -0.4 is 15.0 Å². The van der Waals surface area contributed by atoms with Crippen LogP contribution in [0.5, 0.6) is 11.5 Å². The topological polar surface area (TPSA) is 92.0 Å². The van der Waals surface area contributed by atoms with Crippen molar-refractivity contribution in [1.29, 1.82) is 0 Å². The monoisotopic (exact) mass is 529 g/mol. The third-order valence-electron chi connectivity index (χ3n) is 5.32. The van der Waals surface area contributed by atoms with E-state index in [1.54, 1.807) is 44.3 Å². The van der Waals surface area contributed by atoms with Crippen molar-refractivity contribution in [3.8, 4) is 11.5 Å². The van der Waals surface area contributed by atoms with E-state index in [9.17, 15) is 9.59 Å². The number of nitrogens with zero attached hydrogens (tertiary/aromatic N) is 3. The number of fused-ring (bicyclic) bond motifs is 1. The number of methoxy groups -OCH3 is 1. The van der Waals surface area contributed by atoms with E-state index in [0.29, 0.717) is 33.8 Å². The minimum Gasteiger partial charge on any atom is -0.493 e. The highest BCUT2D eigenvalue weighted by atomic mass is 79.9. The van der Waals surface area contributed by atoms with Crippen LogP contribution in [0.15, 0.2) is 50.8 Å². The lowest BCUT2D eigenvalue weighted by atomic mass is 10.1. The highest BCUT2D eigenvalue weighted by Gasteiger charge is 2.18. The van der Waals surface area contributed by atoms with Gasteiger partial charge in [0.1, 0.15) is 5.82 Å². The van der Waals surface area contributed by atoms with Crippen LogP contribution in [-0.2, 0) is 9.53 Å². The molecule has 0 radical (unpaired) electrons. The van der Waals surface area contributed by atoms with Crippen molar-refractivity contribution < 1.29 is 19.0 Å². The fourth-order valence-electron chi connectivity index (χ4n) is 3.26. The second-order valence-corrected chi connectivity index (χ2v) is 8.64. The quantitative estimate of drug-likeness (QED) is 0.289. The highest BCUT2D eigenvalue weighted by molar-refractivity contribution is 9.10. The molecule has 0 aliphatic heterocycles. The molecule has 8 nitrogen and oxygen atoms in total. The van der Waals surface area contributed by atoms with Gasteiger partial charge < -0.3 is 14.2 Å². The molecule has 1 aromatic heterocycles. The number of rotatable bonds is 9. The average molecular weight is 530 g/mol. The van der Waals surface area contributed by atoms with Crippen LogP contribution in [0.4, 0.5) is 0 Å². The molecule has 0 aliphatic carbocycles. The normalized spacial score (nSPS) is 13.1. The predicted molar refractivity (Wildman–Crippen MR) is 135 cm³/mol. The Morgan fingerprint density at radius 2 is 1.94 bits per heavy atom. The third kappa shape index (κ3) is 5.64. The molecular weight excluding hydrogens is 502 g/mol. The molecule has 2 aromatic carbocycles. The van der Waals surface area contributed by atoms with Crippen molar-refractivity contribution in [2.75, 3.05) is 13.7 Å². The van der Waals surface area contributed by atoms with Gasteiger partial charge >= 0.3 is 5.97 Å². The van der Waals surface area contributed by atoms with Crippen LogP contribution in [0, 0.1) is 0 Å². The molecule has 1 heterocycles. The summed E-state index contributed by atoms with van der Waals surface area (Å²) in [6.45, 7) is 7.68. The molecular formula is C25H28BrN3O5. The summed E-state index contributed by atoms with van der Waals surface area (Å²) in [6, 6.07) is 10.6. The Balaban J connectivity index is 1.98. The first-order chi connectivity index (χ1) is 16.3. The van der Waals surface area contributed by atoms with Gasteiger partial charge in [-0.1, -0.05) is 29.8 Å². The lowest BCUT2D eigenvalue weighted by molar-refractivity contribution is -0.150. The molecule has 9 heteroatoms. The molecule has 0 N–H and O–H groups in total. The molecule has 2 atom stereocenters. The maximum Gasteiger partial charge on any atom is 0.347 e. The number of halogens is 1. The van der Waals surface area contributed by atoms with Gasteiger partial charge in [0.25, 0.3) is 5.56 Å². The van der Waals surface area contributed by atoms with Crippen LogP contribution >= 0.6 is 15.9 Å². The molecule has 0 spiro atoms. The number of ether oxygens (including phenoxy) is 3. The zero-order chi connectivity index (χ0) is 24.8. The standard InChI is InChI=1S/C25H28BrN3O5/c1-6-15(3)23-28-20-10-9-18(26)13-19(20)24(30)29(23)27-14-17-8-11-21(22(12-17)32-5)34-16(4)25(31)33-7-2/h8-16H,6-7H2,1-5H3/t15-,16+/m0/s1. The smallest absolute Gasteiger partial charge is 0.347 e. The van der Waals surface area contributed by atoms with Gasteiger partial charge in [-0.3, -0.25) is 4.79 Å². The van der Waals surface area contributed by atoms with Crippen molar-refractivity contribution in [3.63, 3.8) is 0 Å². The summed E-state index contributed by atoms with van der Waals surface area (Å²) in [5.41, 5.74) is 1.08. The average Bonchev–Trinajstić information content (AvgIpc) is 2.83. The first-order valence-electron chi connectivity index (χ1n) is 11.1. The minimum absolute atomic E-state index is 0.0348. The number of hydrogen-bond donors (Lipinski definition) is 0. The second kappa shape index (κ2) is 11.3. The maximum atomic E-state index is 13.3. The van der Waals surface area contributed by atoms with Gasteiger partial charge in [-0.25, -0.2) is 9.78 Å². The van der Waals surface area contributed by atoms with E-state index in [-0.39, 0.29) is 18.1 Å². The molecule has 0 saturated heterocycles. The Hall–Kier alpha value is -3.20. The zero-order valence-corrected chi connectivity index (χ0v) is 21.5. The van der Waals surface area contributed by atoms with E-state index in [0.717, 1.165) is 10.9 Å². The maximum absolute atomic E-state index is 13.3. The second-order valence-electron chi connectivity index (χ2n) is 7.72. The summed E-state index contributed by atoms with van der Waals surface area (Å²) in [6.07, 6.45) is 1.59. The van der Waals surface area contributed by atoms with Crippen molar-refractivity contribution in [2.24, 2.45) is 5.10 Å². The summed E-state index contributed by atoms with van der Waals surface area (Å²) < 4.78 is 18.3. The molecule has 3 aromatic rings. The summed E-state index contributed by atoms with van der Waals surface area (Å²) >= 11 is 3.42. The number of benzene rings is 2. The van der Waals surface area contributed by atoms with Crippen LogP contribution in [0.1, 0.15) is 51.4 Å². The first kappa shape index (κ1) is 25.4. The lowest BCUT2D eigenvalue weighted by Crippen LogP contribution is -2.26. The molecule has 0 amide bonds. The molecule has 0 fully saturated rings. The van der Waals surface area contributed by atoms with Crippen molar-refractivity contribution in [3.05, 3.63) is 62.6 Å². The molecule has 180 valence electrons. The van der Waals surface area contributed by atoms with E-state index >= 15 is 0 Å². The zero-order valence-electron chi connectivity index (χ0n) is 19.9. The van der Waals surface area contributed by atoms with Crippen LogP contribution in [-0.4, -0.2) is 41.7 Å². The van der Waals surface area contributed by atoms with Crippen LogP contribution in [0.25, 0.3) is 10.9 Å². The van der Waals surface area contributed by atoms with Crippen LogP contribution in [0.2, 0.25) is 0 Å². The summed E-state index contributed by atoms with van der Waals surface area (Å²) in [5.74, 6) is 0.994. The van der Waals surface area contributed by atoms with Gasteiger partial charge in [0.05, 0.1) is 30.8 Å². The number of hydrogen-bond acceptors (Lipinski definition) is 7. The Labute approximate surface area is 206 Å². The van der Waals surface area contributed by atoms with Crippen LogP contribution in [0.3, 0.4) is 0 Å². The van der Waals surface area contributed by atoms with Crippen molar-refractivity contribution in [1.82, 2.24) is 9.66 Å². The Morgan fingerprint density at radius 3 is 2.62 bits per heavy atom. The van der Waals surface area contributed by atoms with E-state index in [2.05, 4.69) is 21.0 Å². The van der Waals surface area contributed by atoms with Gasteiger partial charge in [-0.2, -0.15) is 9.78 Å². The molecule has 34 heavy (non-hydrogen) atoms. The van der Waals surface area contributed by atoms with E-state index in [1.807, 2.05) is 26.0 Å². The molecule has 0 unspecified atom stereocenters. The Kier molecular flexibility index (Phi) is 8.44. The number of aromatic nitrogens is 2. The van der Waals surface area contributed by atoms with E-state index < -0.39 is 12.1 Å². The van der Waals surface area contributed by atoms with Gasteiger partial charge in [0.2, 0.25) is 0 Å². The molecule has 0 bridgehead atoms. The summed E-state index contributed by atoms with van der Waals surface area (Å²) in [5, 5.41) is 4.95. The van der Waals surface area contributed by atoms with Gasteiger partial charge in [0, 0.05) is 10.4 Å². The largest absolute Gasteiger partial charge is 0.493 e. The highest BCUT2D eigenvalue weighted by Crippen LogP contribution is 2.29. The number of carbonyl (C=O) groups is 1. The Morgan fingerprint density at radius 1 is 1.18 bits per heavy atom. The first-order valence-corrected chi connectivity index (χ1v) is 11.9. The number of esters is 1. The van der Waals surface area contributed by atoms with E-state index in [1.165, 1.54) is 11.8 Å². The minimum atomic E-state index is -0.784. The SMILES string of the molecule is CCOC(=O)[C@@H](C)Oc1ccc(C=Nn2c([C@@H](C)CC)nc3ccc(Br)cc3c2=O)cc1OC. The number of carbonyl (C=O) groups excluding carboxylic acids is 1. The van der Waals surface area contributed by atoms with E-state index in [4.69, 9.17) is 19.2 Å². The van der Waals surface area contributed by atoms with Gasteiger partial charge in [-0.05, 0) is 62.2 Å². The fraction of sp³-hybridized carbons (Fsp3) is 0.360. The molecule has 0 saturated carbocycles. The third-order valence-corrected chi connectivity index (χ3v) is 5.81.